The molecule has 8 heterocycles. The van der Waals surface area contributed by atoms with Crippen LogP contribution in [0.4, 0.5) is 0 Å². The zero-order chi connectivity index (χ0) is 91.8. The average molecular weight is 1770 g/mol. The molecule has 0 radical (unpaired) electrons. The highest BCUT2D eigenvalue weighted by molar-refractivity contribution is 9.12. The molecule has 8 aliphatic heterocycles. The summed E-state index contributed by atoms with van der Waals surface area (Å²) in [5.41, 5.74) is 32.2. The molecule has 0 aromatic heterocycles. The van der Waals surface area contributed by atoms with Crippen molar-refractivity contribution >= 4 is 74.0 Å². The minimum atomic E-state index is -0.835. The molecule has 16 bridgehead atoms. The smallest absolute Gasteiger partial charge is 0.303 e. The molecule has 4 atom stereocenters. The molecule has 0 aromatic carbocycles. The second-order valence-corrected chi connectivity index (χ2v) is 40.1. The van der Waals surface area contributed by atoms with E-state index in [1.54, 1.807) is 0 Å². The number of carbonyl (C=O) groups excluding carboxylic acids is 2. The number of aliphatic hydroxyl groups excluding tert-OH is 2. The van der Waals surface area contributed by atoms with Crippen molar-refractivity contribution in [2.45, 2.75) is 224 Å². The molecule has 0 saturated heterocycles. The Bertz CT molecular complexity index is 5220. The number of carboxylic acid groups (broad SMARTS) is 2. The number of nitrogens with zero attached hydrogens (tertiary/aromatic N) is 12. The summed E-state index contributed by atoms with van der Waals surface area (Å²) < 4.78 is 3.88. The Morgan fingerprint density at radius 1 is 0.472 bits per heavy atom. The molecule has 4 N–H and O–H groups in total. The Hall–Kier alpha value is -9.22. The topological polar surface area (TPSA) is 230 Å². The van der Waals surface area contributed by atoms with Crippen LogP contribution in [0.3, 0.4) is 0 Å². The number of amides is 2. The number of quaternary nitrogens is 4. The van der Waals surface area contributed by atoms with Gasteiger partial charge in [0, 0.05) is 178 Å². The summed E-state index contributed by atoms with van der Waals surface area (Å²) in [7, 11) is 30.1. The van der Waals surface area contributed by atoms with Crippen molar-refractivity contribution in [3.05, 3.63) is 194 Å². The van der Waals surface area contributed by atoms with Crippen LogP contribution in [0.1, 0.15) is 224 Å². The second kappa shape index (κ2) is 41.3. The number of aliphatic imine (C=N–C) groups is 6. The monoisotopic (exact) mass is 1770 g/mol. The first kappa shape index (κ1) is 98.0. The molecule has 125 heavy (non-hydrogen) atoms. The van der Waals surface area contributed by atoms with Gasteiger partial charge in [0.25, 0.3) is 0 Å². The minimum Gasteiger partial charge on any atom is -0.511 e. The lowest BCUT2D eigenvalue weighted by molar-refractivity contribution is -0.870. The number of fused-ring (bicyclic) bond motifs is 10. The molecule has 12 rings (SSSR count). The Labute approximate surface area is 756 Å². The third-order valence-electron chi connectivity index (χ3n) is 26.5. The van der Waals surface area contributed by atoms with E-state index in [1.165, 1.54) is 33.4 Å². The lowest BCUT2D eigenvalue weighted by atomic mass is 9.81. The van der Waals surface area contributed by atoms with Crippen molar-refractivity contribution in [2.24, 2.45) is 53.6 Å². The molecule has 0 spiro atoms. The van der Waals surface area contributed by atoms with Gasteiger partial charge in [-0.2, -0.15) is 0 Å². The van der Waals surface area contributed by atoms with E-state index in [2.05, 4.69) is 235 Å². The summed E-state index contributed by atoms with van der Waals surface area (Å²) in [6, 6.07) is 0. The third kappa shape index (κ3) is 23.4. The van der Waals surface area contributed by atoms with Gasteiger partial charge >= 0.3 is 11.9 Å². The number of halogens is 1. The zero-order valence-corrected chi connectivity index (χ0v) is 81.1. The van der Waals surface area contributed by atoms with Crippen LogP contribution in [-0.2, 0) is 19.2 Å². The van der Waals surface area contributed by atoms with E-state index in [-0.39, 0.29) is 48.3 Å². The first-order valence-electron chi connectivity index (χ1n) is 45.7. The molecule has 0 aromatic rings. The number of rotatable bonds is 32. The van der Waals surface area contributed by atoms with Crippen molar-refractivity contribution in [2.75, 3.05) is 123 Å². The highest BCUT2D eigenvalue weighted by Crippen LogP contribution is 2.54. The number of hydrogen-bond acceptors (Lipinski definition) is 12. The fourth-order valence-corrected chi connectivity index (χ4v) is 20.3. The maximum atomic E-state index is 14.4. The van der Waals surface area contributed by atoms with Gasteiger partial charge in [0.1, 0.15) is 11.5 Å². The molecule has 0 saturated carbocycles. The highest BCUT2D eigenvalue weighted by atomic mass is 79.9. The van der Waals surface area contributed by atoms with E-state index in [1.807, 2.05) is 0 Å². The zero-order valence-electron chi connectivity index (χ0n) is 79.5. The van der Waals surface area contributed by atoms with Crippen LogP contribution in [0.5, 0.6) is 0 Å². The van der Waals surface area contributed by atoms with E-state index in [0.29, 0.717) is 104 Å². The van der Waals surface area contributed by atoms with E-state index in [4.69, 9.17) is 41.5 Å². The summed E-state index contributed by atoms with van der Waals surface area (Å²) in [5.74, 6) is 8.61. The second-order valence-electron chi connectivity index (χ2n) is 39.3. The third-order valence-corrected chi connectivity index (χ3v) is 27.2. The predicted octanol–water partition coefficient (Wildman–Crippen LogP) is 20.1. The lowest BCUT2D eigenvalue weighted by Crippen LogP contribution is -2.41. The van der Waals surface area contributed by atoms with Gasteiger partial charge in [0.15, 0.2) is 0 Å². The van der Waals surface area contributed by atoms with E-state index in [9.17, 15) is 34.5 Å². The summed E-state index contributed by atoms with van der Waals surface area (Å²) in [6.07, 6.45) is 27.4. The maximum absolute atomic E-state index is 14.4. The van der Waals surface area contributed by atoms with Gasteiger partial charge in [0.2, 0.25) is 11.8 Å². The number of terminal acetylenes is 1. The van der Waals surface area contributed by atoms with Crippen LogP contribution in [0.2, 0.25) is 0 Å². The van der Waals surface area contributed by atoms with E-state index < -0.39 is 11.9 Å². The quantitative estimate of drug-likeness (QED) is 0.0219. The molecule has 21 heteroatoms. The first-order valence-corrected chi connectivity index (χ1v) is 46.5. The minimum absolute atomic E-state index is 0.0221. The number of carboxylic acids is 2. The maximum Gasteiger partial charge on any atom is 0.303 e. The van der Waals surface area contributed by atoms with Crippen LogP contribution in [0.25, 0.3) is 0 Å². The van der Waals surface area contributed by atoms with Gasteiger partial charge in [-0.15, -0.1) is 26.4 Å². The highest BCUT2D eigenvalue weighted by Gasteiger charge is 2.46. The molecular formula is C104H143BrN12O8+2. The van der Waals surface area contributed by atoms with Gasteiger partial charge in [0.05, 0.1) is 136 Å². The van der Waals surface area contributed by atoms with Gasteiger partial charge < -0.3 is 48.2 Å². The van der Waals surface area contributed by atoms with E-state index in [0.717, 1.165) is 251 Å². The summed E-state index contributed by atoms with van der Waals surface area (Å²) in [5, 5.41) is 40.8. The van der Waals surface area contributed by atoms with Crippen LogP contribution < -0.4 is 0 Å². The van der Waals surface area contributed by atoms with Gasteiger partial charge in [-0.3, -0.25) is 29.2 Å². The van der Waals surface area contributed by atoms with Crippen molar-refractivity contribution < 1.29 is 57.5 Å². The summed E-state index contributed by atoms with van der Waals surface area (Å²) >= 11 is 4.06. The molecule has 0 fully saturated rings. The summed E-state index contributed by atoms with van der Waals surface area (Å²) in [4.78, 5) is 86.2. The van der Waals surface area contributed by atoms with Crippen molar-refractivity contribution in [3.63, 3.8) is 0 Å². The lowest BCUT2D eigenvalue weighted by Gasteiger charge is -2.34. The Morgan fingerprint density at radius 2 is 0.840 bits per heavy atom. The fraction of sp³-hybridized carbons (Fsp3) is 0.538. The molecular weight excluding hydrogens is 1630 g/mol. The van der Waals surface area contributed by atoms with Crippen molar-refractivity contribution in [1.29, 1.82) is 0 Å². The number of unbranched alkanes of at least 4 members (excludes halogenated alkanes) is 2. The largest absolute Gasteiger partial charge is 0.511 e. The fourth-order valence-electron chi connectivity index (χ4n) is 19.5. The normalized spacial score (nSPS) is 21.0. The van der Waals surface area contributed by atoms with Gasteiger partial charge in [-0.25, -0.2) is 20.0 Å². The standard InChI is InChI=1S/C52H70N6O4.C46H63BrN6O2.C6H8O2/c1-13-37-33(4)43-31-45-38(14-2)34(5)50(54-45)40(20-16-15-17-21-48(61)62)51-35(6)39(22-23-47(60)56(24-18-26-57(7,8)9)25-19-27-58(10,11)12)52(55-51)42-30-46(59)49-32(3)36(28-41(42)49)29-44(37)53-43;1-13-32-28(4)37-26-39-33(14-2)29(5)44(49-39)43(47)45-30(6)34(17-18-41(55)51(19-15-21-52(7,8)9)20-16-22-53(10,11)12)46(50-45)36-25-40(54)42-27(3)31(23-35(36)42)24-38(32)48-37;1-2-3-4-5-6(7)8/h29,31,35,39H,7,13-15,17-19,21-28,30H2,1-6,8-12H3,(H-,53,54,55,59,61,62);24,26,30,34H,7,13-23,25H2,1-6,8-12H3;1H,3-5H2,(H,7,8)/p+2/t35-,39-;30-,34-;/m00./s1. The van der Waals surface area contributed by atoms with E-state index >= 15 is 0 Å². The van der Waals surface area contributed by atoms with Gasteiger partial charge in [-0.1, -0.05) is 53.4 Å². The van der Waals surface area contributed by atoms with Crippen molar-refractivity contribution in [1.82, 2.24) is 9.80 Å². The van der Waals surface area contributed by atoms with Crippen LogP contribution in [0, 0.1) is 62.0 Å². The van der Waals surface area contributed by atoms with Crippen LogP contribution in [0.15, 0.2) is 210 Å². The van der Waals surface area contributed by atoms with Crippen LogP contribution in [-0.4, -0.2) is 229 Å². The number of aliphatic carboxylic acids is 2. The molecule has 12 aliphatic rings. The predicted molar refractivity (Wildman–Crippen MR) is 515 cm³/mol. The molecule has 4 aliphatic carbocycles. The van der Waals surface area contributed by atoms with Crippen molar-refractivity contribution in [3.8, 4) is 24.2 Å². The number of aliphatic hydroxyl groups is 2. The van der Waals surface area contributed by atoms with Gasteiger partial charge in [-0.05, 0) is 235 Å². The SMILES string of the molecule is C#CCCCC(=O)O.[CH2-][N+](C)(C)CCCN(CCC[N+](C)(C)C)C(=O)CC[C@@H]1C2=NC(=C(Br)C3=NC(=CC4=NC(=CC5=C(C)C6=C(O)CC2=C6C5)C(CC)=C4C)C(CC)=C3C)[C@H]1C.[CH2-][N+](C)(C)CCCN(CCC[N+](C)(C)C)C(=O)CC[C@@H]1C2=NC(=C(C#CCCCC(=O)O)C3=NC(=CC4=NC(=CC5=C(C)C6=C(O)CC2=C6C5)C(CC)=C4C)C(CC)=C3C)[C@H]1C. The summed E-state index contributed by atoms with van der Waals surface area (Å²) in [6.45, 7) is 32.7. The molecule has 2 amide bonds. The Morgan fingerprint density at radius 3 is 1.23 bits per heavy atom. The first-order chi connectivity index (χ1) is 58.8. The molecule has 20 nitrogen and oxygen atoms in total. The Balaban J connectivity index is 0.000000241. The Kier molecular flexibility index (Phi) is 32.3. The number of allylic oxidation sites excluding steroid dienone is 26. The van der Waals surface area contributed by atoms with Crippen LogP contribution >= 0.6 is 15.9 Å². The molecule has 0 unspecified atom stereocenters. The number of hydrogen-bond donors (Lipinski definition) is 4. The molecule has 672 valence electrons. The average Bonchev–Trinajstić information content (AvgIpc) is 1.58. The number of carbonyl (C=O) groups is 4.